The van der Waals surface area contributed by atoms with Crippen molar-refractivity contribution in [2.75, 3.05) is 5.32 Å². The molecule has 1 aromatic heterocycles. The minimum atomic E-state index is -0.479. The van der Waals surface area contributed by atoms with Crippen LogP contribution in [-0.4, -0.2) is 21.1 Å². The molecule has 0 unspecified atom stereocenters. The first-order valence-electron chi connectivity index (χ1n) is 6.07. The second kappa shape index (κ2) is 5.94. The number of carbonyl (C=O) groups excluding carboxylic acids is 1. The number of hydrogen-bond donors (Lipinski definition) is 2. The molecular weight excluding hydrogens is 379 g/mol. The van der Waals surface area contributed by atoms with Crippen molar-refractivity contribution >= 4 is 50.7 Å². The molecule has 2 aromatic rings. The number of H-pyrrole nitrogens is 1. The van der Waals surface area contributed by atoms with Crippen LogP contribution in [0, 0.1) is 0 Å². The lowest BCUT2D eigenvalue weighted by Crippen LogP contribution is -2.16. The molecule has 1 amide bonds. The molecule has 0 bridgehead atoms. The van der Waals surface area contributed by atoms with Crippen LogP contribution in [0.4, 0.5) is 5.69 Å². The summed E-state index contributed by atoms with van der Waals surface area (Å²) in [6, 6.07) is 3.28. The number of aromatic amines is 1. The highest BCUT2D eigenvalue weighted by atomic mass is 79.9. The van der Waals surface area contributed by atoms with Crippen LogP contribution in [0.3, 0.4) is 0 Å². The number of amides is 1. The summed E-state index contributed by atoms with van der Waals surface area (Å²) in [5, 5.41) is 9.94. The number of hydrogen-bond acceptors (Lipinski definition) is 3. The number of anilines is 1. The molecule has 0 saturated carbocycles. The first-order valence-corrected chi connectivity index (χ1v) is 7.62. The van der Waals surface area contributed by atoms with Crippen molar-refractivity contribution in [1.82, 2.24) is 15.2 Å². The lowest BCUT2D eigenvalue weighted by atomic mass is 9.96. The van der Waals surface area contributed by atoms with Gasteiger partial charge in [-0.05, 0) is 12.1 Å². The Bertz CT molecular complexity index is 671. The summed E-state index contributed by atoms with van der Waals surface area (Å²) in [6.45, 7) is 5.91. The first kappa shape index (κ1) is 16.3. The molecule has 0 spiro atoms. The van der Waals surface area contributed by atoms with Crippen LogP contribution in [0.15, 0.2) is 16.6 Å². The maximum absolute atomic E-state index is 12.2. The van der Waals surface area contributed by atoms with Gasteiger partial charge in [0, 0.05) is 9.89 Å². The summed E-state index contributed by atoms with van der Waals surface area (Å²) in [6.07, 6.45) is 0. The molecule has 0 aliphatic heterocycles. The fraction of sp³-hybridized carbons (Fsp3) is 0.308. The number of halogens is 3. The van der Waals surface area contributed by atoms with Crippen molar-refractivity contribution in [2.45, 2.75) is 26.2 Å². The van der Waals surface area contributed by atoms with E-state index in [4.69, 9.17) is 23.2 Å². The molecule has 0 saturated heterocycles. The topological polar surface area (TPSA) is 70.7 Å². The van der Waals surface area contributed by atoms with E-state index in [1.165, 1.54) is 0 Å². The number of rotatable bonds is 2. The summed E-state index contributed by atoms with van der Waals surface area (Å²) in [5.74, 6) is 0.184. The van der Waals surface area contributed by atoms with Gasteiger partial charge in [0.25, 0.3) is 5.91 Å². The van der Waals surface area contributed by atoms with Crippen LogP contribution < -0.4 is 5.32 Å². The van der Waals surface area contributed by atoms with Crippen molar-refractivity contribution in [3.63, 3.8) is 0 Å². The average Bonchev–Trinajstić information content (AvgIpc) is 2.82. The van der Waals surface area contributed by atoms with Gasteiger partial charge in [-0.25, -0.2) is 4.98 Å². The zero-order chi connectivity index (χ0) is 15.8. The van der Waals surface area contributed by atoms with Crippen molar-refractivity contribution in [3.8, 4) is 0 Å². The largest absolute Gasteiger partial charge is 0.317 e. The quantitative estimate of drug-likeness (QED) is 0.795. The highest BCUT2D eigenvalue weighted by molar-refractivity contribution is 9.10. The Kier molecular flexibility index (Phi) is 4.60. The van der Waals surface area contributed by atoms with Crippen LogP contribution in [0.25, 0.3) is 0 Å². The standard InChI is InChI=1S/C13H13BrCl2N4O/c1-13(2,3)12-18-10(19-20-12)11(21)17-9-7(15)4-6(14)5-8(9)16/h4-5H,1-3H3,(H,17,21)(H,18,19,20). The van der Waals surface area contributed by atoms with Crippen LogP contribution in [0.2, 0.25) is 10.0 Å². The Morgan fingerprint density at radius 1 is 1.29 bits per heavy atom. The molecule has 8 heteroatoms. The van der Waals surface area contributed by atoms with Crippen LogP contribution in [0.1, 0.15) is 37.2 Å². The molecule has 0 radical (unpaired) electrons. The summed E-state index contributed by atoms with van der Waals surface area (Å²) >= 11 is 15.4. The molecule has 112 valence electrons. The fourth-order valence-corrected chi connectivity index (χ4v) is 2.83. The lowest BCUT2D eigenvalue weighted by molar-refractivity contribution is 0.101. The molecule has 0 atom stereocenters. The highest BCUT2D eigenvalue weighted by Crippen LogP contribution is 2.34. The van der Waals surface area contributed by atoms with Crippen molar-refractivity contribution in [1.29, 1.82) is 0 Å². The van der Waals surface area contributed by atoms with E-state index in [1.807, 2.05) is 20.8 Å². The van der Waals surface area contributed by atoms with Gasteiger partial charge >= 0.3 is 0 Å². The number of aromatic nitrogens is 3. The Labute approximate surface area is 140 Å². The summed E-state index contributed by atoms with van der Waals surface area (Å²) in [7, 11) is 0. The van der Waals surface area contributed by atoms with Crippen molar-refractivity contribution in [2.24, 2.45) is 0 Å². The van der Waals surface area contributed by atoms with E-state index in [0.29, 0.717) is 21.6 Å². The summed E-state index contributed by atoms with van der Waals surface area (Å²) in [5.41, 5.74) is 0.104. The number of benzene rings is 1. The molecule has 0 aliphatic rings. The zero-order valence-electron chi connectivity index (χ0n) is 11.6. The van der Waals surface area contributed by atoms with Gasteiger partial charge < -0.3 is 5.32 Å². The Balaban J connectivity index is 2.25. The molecule has 2 rings (SSSR count). The Morgan fingerprint density at radius 2 is 1.86 bits per heavy atom. The maximum atomic E-state index is 12.2. The van der Waals surface area contributed by atoms with E-state index >= 15 is 0 Å². The van der Waals surface area contributed by atoms with Gasteiger partial charge in [0.2, 0.25) is 5.82 Å². The van der Waals surface area contributed by atoms with E-state index in [1.54, 1.807) is 12.1 Å². The van der Waals surface area contributed by atoms with E-state index in [0.717, 1.165) is 4.47 Å². The lowest BCUT2D eigenvalue weighted by Gasteiger charge is -2.12. The third-order valence-electron chi connectivity index (χ3n) is 2.64. The maximum Gasteiger partial charge on any atom is 0.295 e. The van der Waals surface area contributed by atoms with E-state index in [-0.39, 0.29) is 11.2 Å². The molecular formula is C13H13BrCl2N4O. The van der Waals surface area contributed by atoms with Gasteiger partial charge in [-0.2, -0.15) is 0 Å². The minimum Gasteiger partial charge on any atom is -0.317 e. The van der Waals surface area contributed by atoms with Gasteiger partial charge in [0.15, 0.2) is 0 Å². The van der Waals surface area contributed by atoms with Crippen LogP contribution in [-0.2, 0) is 5.41 Å². The third kappa shape index (κ3) is 3.75. The van der Waals surface area contributed by atoms with Gasteiger partial charge in [0.1, 0.15) is 5.82 Å². The molecule has 2 N–H and O–H groups in total. The highest BCUT2D eigenvalue weighted by Gasteiger charge is 2.22. The van der Waals surface area contributed by atoms with E-state index in [2.05, 4.69) is 36.4 Å². The van der Waals surface area contributed by atoms with Gasteiger partial charge in [0.05, 0.1) is 15.7 Å². The number of carbonyl (C=O) groups is 1. The molecule has 0 aliphatic carbocycles. The monoisotopic (exact) mass is 390 g/mol. The van der Waals surface area contributed by atoms with E-state index < -0.39 is 5.91 Å². The second-order valence-corrected chi connectivity index (χ2v) is 7.19. The predicted octanol–water partition coefficient (Wildman–Crippen LogP) is 4.42. The minimum absolute atomic E-state index is 0.0370. The third-order valence-corrected chi connectivity index (χ3v) is 3.70. The molecule has 21 heavy (non-hydrogen) atoms. The van der Waals surface area contributed by atoms with E-state index in [9.17, 15) is 4.79 Å². The predicted molar refractivity (Wildman–Crippen MR) is 87.2 cm³/mol. The average molecular weight is 392 g/mol. The SMILES string of the molecule is CC(C)(C)c1nc(C(=O)Nc2c(Cl)cc(Br)cc2Cl)n[nH]1. The van der Waals surface area contributed by atoms with Gasteiger partial charge in [-0.3, -0.25) is 9.89 Å². The fourth-order valence-electron chi connectivity index (χ4n) is 1.53. The smallest absolute Gasteiger partial charge is 0.295 e. The number of nitrogens with zero attached hydrogens (tertiary/aromatic N) is 2. The molecule has 5 nitrogen and oxygen atoms in total. The van der Waals surface area contributed by atoms with Crippen LogP contribution >= 0.6 is 39.1 Å². The van der Waals surface area contributed by atoms with Crippen molar-refractivity contribution in [3.05, 3.63) is 38.3 Å². The molecule has 1 aromatic carbocycles. The molecule has 1 heterocycles. The van der Waals surface area contributed by atoms with Gasteiger partial charge in [-0.15, -0.1) is 5.10 Å². The zero-order valence-corrected chi connectivity index (χ0v) is 14.7. The summed E-state index contributed by atoms with van der Waals surface area (Å²) in [4.78, 5) is 16.3. The second-order valence-electron chi connectivity index (χ2n) is 5.46. The molecule has 0 fully saturated rings. The number of nitrogens with one attached hydrogen (secondary N) is 2. The van der Waals surface area contributed by atoms with Crippen LogP contribution in [0.5, 0.6) is 0 Å². The van der Waals surface area contributed by atoms with Gasteiger partial charge in [-0.1, -0.05) is 59.9 Å². The normalized spacial score (nSPS) is 11.5. The first-order chi connectivity index (χ1) is 9.68. The summed E-state index contributed by atoms with van der Waals surface area (Å²) < 4.78 is 0.725. The Hall–Kier alpha value is -1.11. The van der Waals surface area contributed by atoms with Crippen molar-refractivity contribution < 1.29 is 4.79 Å². The Morgan fingerprint density at radius 3 is 2.33 bits per heavy atom.